The largest absolute Gasteiger partial charge is 1.00 e. The summed E-state index contributed by atoms with van der Waals surface area (Å²) in [7, 11) is 13.5. The van der Waals surface area contributed by atoms with Crippen LogP contribution in [0.3, 0.4) is 0 Å². The lowest BCUT2D eigenvalue weighted by Gasteiger charge is -2.29. The second-order valence-electron chi connectivity index (χ2n) is 15.4. The second-order valence-corrected chi connectivity index (χ2v) is 17.2. The number of halogens is 6. The predicted molar refractivity (Wildman–Crippen MR) is 195 cm³/mol. The highest BCUT2D eigenvalue weighted by atomic mass is 79.9. The maximum Gasteiger partial charge on any atom is 0.209 e. The van der Waals surface area contributed by atoms with Gasteiger partial charge in [0.1, 0.15) is 0 Å². The van der Waals surface area contributed by atoms with Gasteiger partial charge < -0.3 is 64.8 Å². The molecule has 0 radical (unpaired) electrons. The molecule has 0 saturated carbocycles. The third kappa shape index (κ3) is 10.8. The van der Waals surface area contributed by atoms with Gasteiger partial charge >= 0.3 is 0 Å². The van der Waals surface area contributed by atoms with Crippen LogP contribution in [-0.4, -0.2) is 87.7 Å². The number of nitrogens with zero attached hydrogens (tertiary/aromatic N) is 4. The molecular weight excluding hydrogens is 891 g/mol. The van der Waals surface area contributed by atoms with Gasteiger partial charge in [-0.15, -0.1) is 0 Å². The molecule has 2 heterocycles. The van der Waals surface area contributed by atoms with Crippen LogP contribution in [0.25, 0.3) is 0 Å². The summed E-state index contributed by atoms with van der Waals surface area (Å²) in [5.74, 6) is 0. The number of hydrogen-bond acceptors (Lipinski definition) is 1. The summed E-state index contributed by atoms with van der Waals surface area (Å²) in [6.07, 6.45) is 11.2. The average molecular weight is 943 g/mol. The van der Waals surface area contributed by atoms with E-state index in [1.54, 1.807) is 0 Å². The Morgan fingerprint density at radius 3 is 1.96 bits per heavy atom. The SMILES string of the molecule is CC1(C)C(/C=C/C(Br)=C/C=C2/N(CCC[N+](C)(C)C)c3ccc(Cl)cc3C2(C)C)=[N+](CCC[N+](C)(C)C)c2ccc(Cl)cc21.[Br-].[Br-].[Br-]. The molecule has 262 valence electrons. The van der Waals surface area contributed by atoms with Crippen LogP contribution in [0.15, 0.2) is 70.9 Å². The van der Waals surface area contributed by atoms with Crippen molar-refractivity contribution in [3.8, 4) is 0 Å². The Morgan fingerprint density at radius 2 is 1.36 bits per heavy atom. The molecule has 0 atom stereocenters. The lowest BCUT2D eigenvalue weighted by Crippen LogP contribution is -3.00. The van der Waals surface area contributed by atoms with Gasteiger partial charge in [0.05, 0.1) is 67.2 Å². The van der Waals surface area contributed by atoms with Crippen LogP contribution in [0.1, 0.15) is 51.7 Å². The lowest BCUT2D eigenvalue weighted by molar-refractivity contribution is -0.871. The predicted octanol–water partition coefficient (Wildman–Crippen LogP) is 0.0909. The second kappa shape index (κ2) is 17.2. The van der Waals surface area contributed by atoms with Crippen LogP contribution in [0, 0.1) is 0 Å². The van der Waals surface area contributed by atoms with E-state index in [1.807, 2.05) is 12.1 Å². The molecule has 0 bridgehead atoms. The first-order valence-corrected chi connectivity index (χ1v) is 17.3. The minimum atomic E-state index is -0.157. The van der Waals surface area contributed by atoms with Crippen LogP contribution in [0.4, 0.5) is 11.4 Å². The first kappa shape index (κ1) is 44.6. The standard InChI is InChI=1S/C37H52BrCl2N4.3BrH/c1-36(2)30-25-28(39)15-17-32(30)41(21-11-23-43(5,6)7)34(36)19-13-27(38)14-20-35-37(3,4)31-26-29(40)16-18-33(31)42(35)22-12-24-44(8,9)10;;;/h13-20,25-26H,11-12,21-24H2,1-10H3;3*1H/q+3;;;/p-3. The zero-order valence-corrected chi connectivity index (χ0v) is 37.4. The smallest absolute Gasteiger partial charge is 0.209 e. The first-order chi connectivity index (χ1) is 20.3. The van der Waals surface area contributed by atoms with Crippen LogP contribution in [-0.2, 0) is 10.8 Å². The molecule has 0 amide bonds. The van der Waals surface area contributed by atoms with Gasteiger partial charge in [0, 0.05) is 62.0 Å². The Hall–Kier alpha value is -0.450. The monoisotopic (exact) mass is 938 g/mol. The van der Waals surface area contributed by atoms with Crippen LogP contribution >= 0.6 is 39.1 Å². The third-order valence-electron chi connectivity index (χ3n) is 8.93. The Kier molecular flexibility index (Phi) is 16.3. The molecule has 0 aliphatic carbocycles. The lowest BCUT2D eigenvalue weighted by atomic mass is 9.81. The summed E-state index contributed by atoms with van der Waals surface area (Å²) in [5, 5.41) is 1.57. The van der Waals surface area contributed by atoms with E-state index < -0.39 is 0 Å². The van der Waals surface area contributed by atoms with E-state index in [0.717, 1.165) is 62.5 Å². The summed E-state index contributed by atoms with van der Waals surface area (Å²) in [6, 6.07) is 12.7. The van der Waals surface area contributed by atoms with Crippen molar-refractivity contribution in [2.24, 2.45) is 0 Å². The van der Waals surface area contributed by atoms with Gasteiger partial charge in [-0.3, -0.25) is 0 Å². The van der Waals surface area contributed by atoms with Crippen molar-refractivity contribution in [3.63, 3.8) is 0 Å². The molecule has 0 spiro atoms. The van der Waals surface area contributed by atoms with Gasteiger partial charge in [-0.2, -0.15) is 4.58 Å². The summed E-state index contributed by atoms with van der Waals surface area (Å²) in [4.78, 5) is 2.49. The zero-order valence-electron chi connectivity index (χ0n) is 29.6. The van der Waals surface area contributed by atoms with Crippen molar-refractivity contribution in [3.05, 3.63) is 92.1 Å². The molecule has 0 N–H and O–H groups in total. The third-order valence-corrected chi connectivity index (χ3v) is 9.93. The average Bonchev–Trinajstić information content (AvgIpc) is 3.22. The van der Waals surface area contributed by atoms with Gasteiger partial charge in [0.25, 0.3) is 0 Å². The quantitative estimate of drug-likeness (QED) is 0.176. The Bertz CT molecular complexity index is 1530. The van der Waals surface area contributed by atoms with Gasteiger partial charge in [0.2, 0.25) is 5.69 Å². The summed E-state index contributed by atoms with van der Waals surface area (Å²) < 4.78 is 5.44. The molecule has 2 aliphatic heterocycles. The topological polar surface area (TPSA) is 6.25 Å². The molecule has 4 rings (SSSR count). The summed E-state index contributed by atoms with van der Waals surface area (Å²) in [5.41, 5.74) is 7.36. The van der Waals surface area contributed by atoms with Crippen LogP contribution in [0.2, 0.25) is 10.0 Å². The molecular formula is C37H52Br4Cl2N4. The van der Waals surface area contributed by atoms with Crippen LogP contribution in [0.5, 0.6) is 0 Å². The molecule has 0 saturated heterocycles. The van der Waals surface area contributed by atoms with E-state index in [0.29, 0.717) is 0 Å². The fourth-order valence-corrected chi connectivity index (χ4v) is 7.16. The van der Waals surface area contributed by atoms with E-state index in [9.17, 15) is 0 Å². The Labute approximate surface area is 334 Å². The van der Waals surface area contributed by atoms with Gasteiger partial charge in [-0.25, -0.2) is 0 Å². The zero-order chi connectivity index (χ0) is 32.7. The van der Waals surface area contributed by atoms with Gasteiger partial charge in [-0.05, 0) is 68.0 Å². The van der Waals surface area contributed by atoms with Gasteiger partial charge in [0.15, 0.2) is 12.3 Å². The molecule has 4 nitrogen and oxygen atoms in total. The molecule has 0 unspecified atom stereocenters. The number of rotatable bonds is 11. The Balaban J connectivity index is 0.00000368. The van der Waals surface area contributed by atoms with Gasteiger partial charge in [-0.1, -0.05) is 53.0 Å². The highest BCUT2D eigenvalue weighted by Crippen LogP contribution is 2.49. The fourth-order valence-electron chi connectivity index (χ4n) is 6.56. The van der Waals surface area contributed by atoms with Crippen molar-refractivity contribution in [1.82, 2.24) is 0 Å². The van der Waals surface area contributed by atoms with Crippen molar-refractivity contribution >= 4 is 56.2 Å². The number of hydrogen-bond donors (Lipinski definition) is 0. The highest BCUT2D eigenvalue weighted by molar-refractivity contribution is 9.11. The van der Waals surface area contributed by atoms with Crippen molar-refractivity contribution in [2.45, 2.75) is 51.4 Å². The minimum absolute atomic E-state index is 0. The number of fused-ring (bicyclic) bond motifs is 2. The van der Waals surface area contributed by atoms with Crippen molar-refractivity contribution < 1.29 is 64.5 Å². The Morgan fingerprint density at radius 1 is 0.809 bits per heavy atom. The maximum absolute atomic E-state index is 6.49. The maximum atomic E-state index is 6.49. The summed E-state index contributed by atoms with van der Waals surface area (Å²) in [6.45, 7) is 13.4. The van der Waals surface area contributed by atoms with E-state index in [2.05, 4.69) is 144 Å². The molecule has 2 aliphatic rings. The molecule has 2 aromatic rings. The van der Waals surface area contributed by atoms with E-state index in [-0.39, 0.29) is 61.8 Å². The molecule has 10 heteroatoms. The molecule has 0 fully saturated rings. The molecule has 2 aromatic carbocycles. The number of allylic oxidation sites excluding steroid dienone is 6. The van der Waals surface area contributed by atoms with Crippen LogP contribution < -0.4 is 55.8 Å². The number of anilines is 1. The summed E-state index contributed by atoms with van der Waals surface area (Å²) >= 11 is 16.9. The molecule has 47 heavy (non-hydrogen) atoms. The van der Waals surface area contributed by atoms with Crippen molar-refractivity contribution in [1.29, 1.82) is 0 Å². The first-order valence-electron chi connectivity index (χ1n) is 15.7. The van der Waals surface area contributed by atoms with Crippen molar-refractivity contribution in [2.75, 3.05) is 73.4 Å². The highest BCUT2D eigenvalue weighted by Gasteiger charge is 2.44. The normalized spacial score (nSPS) is 17.8. The van der Waals surface area contributed by atoms with E-state index in [4.69, 9.17) is 23.2 Å². The van der Waals surface area contributed by atoms with E-state index >= 15 is 0 Å². The van der Waals surface area contributed by atoms with E-state index in [1.165, 1.54) is 33.9 Å². The minimum Gasteiger partial charge on any atom is -1.00 e. The number of benzene rings is 2. The number of quaternary nitrogens is 2. The molecule has 0 aromatic heterocycles. The fraction of sp³-hybridized carbons (Fsp3) is 0.486.